The molecular weight excluding hydrogens is 228 g/mol. The molecule has 1 aromatic carbocycles. The van der Waals surface area contributed by atoms with E-state index in [9.17, 15) is 13.2 Å². The molecule has 5 nitrogen and oxygen atoms in total. The van der Waals surface area contributed by atoms with E-state index in [1.54, 1.807) is 6.07 Å². The predicted molar refractivity (Wildman–Crippen MR) is 60.4 cm³/mol. The fourth-order valence-corrected chi connectivity index (χ4v) is 1.97. The van der Waals surface area contributed by atoms with E-state index in [2.05, 4.69) is 5.32 Å². The highest BCUT2D eigenvalue weighted by molar-refractivity contribution is 7.89. The Morgan fingerprint density at radius 1 is 1.38 bits per heavy atom. The van der Waals surface area contributed by atoms with Crippen LogP contribution in [0.2, 0.25) is 0 Å². The summed E-state index contributed by atoms with van der Waals surface area (Å²) in [6.45, 7) is 2.41. The molecular formula is C10H14N2O3S. The molecule has 0 aliphatic heterocycles. The van der Waals surface area contributed by atoms with Crippen molar-refractivity contribution in [1.29, 1.82) is 0 Å². The molecule has 0 radical (unpaired) electrons. The number of carbonyl (C=O) groups excluding carboxylic acids is 1. The number of nitrogens with one attached hydrogen (secondary N) is 1. The van der Waals surface area contributed by atoms with Crippen LogP contribution in [0.5, 0.6) is 0 Å². The topological polar surface area (TPSA) is 89.3 Å². The van der Waals surface area contributed by atoms with E-state index in [-0.39, 0.29) is 10.5 Å². The minimum Gasteiger partial charge on any atom is -0.352 e. The zero-order valence-corrected chi connectivity index (χ0v) is 9.75. The summed E-state index contributed by atoms with van der Waals surface area (Å²) >= 11 is 0. The van der Waals surface area contributed by atoms with Crippen molar-refractivity contribution < 1.29 is 13.2 Å². The van der Waals surface area contributed by atoms with Gasteiger partial charge in [0.05, 0.1) is 10.5 Å². The lowest BCUT2D eigenvalue weighted by molar-refractivity contribution is 0.0950. The van der Waals surface area contributed by atoms with Crippen LogP contribution in [0.3, 0.4) is 0 Å². The molecule has 0 aromatic heterocycles. The Hall–Kier alpha value is -1.40. The standard InChI is InChI=1S/C10H14N2O3S/c1-2-7-12-10(13)8-5-3-4-6-9(8)16(11,14)15/h3-6H,2,7H2,1H3,(H,12,13)(H2,11,14,15). The molecule has 3 N–H and O–H groups in total. The fourth-order valence-electron chi connectivity index (χ4n) is 1.24. The van der Waals surface area contributed by atoms with Crippen molar-refractivity contribution in [3.05, 3.63) is 29.8 Å². The molecule has 0 bridgehead atoms. The van der Waals surface area contributed by atoms with Crippen LogP contribution in [0, 0.1) is 0 Å². The first-order valence-corrected chi connectivity index (χ1v) is 6.41. The summed E-state index contributed by atoms with van der Waals surface area (Å²) in [5.41, 5.74) is 0.0819. The number of carbonyl (C=O) groups is 1. The van der Waals surface area contributed by atoms with Gasteiger partial charge in [-0.05, 0) is 18.6 Å². The Morgan fingerprint density at radius 2 is 2.00 bits per heavy atom. The maximum Gasteiger partial charge on any atom is 0.252 e. The van der Waals surface area contributed by atoms with Crippen LogP contribution < -0.4 is 10.5 Å². The van der Waals surface area contributed by atoms with Crippen molar-refractivity contribution in [2.24, 2.45) is 5.14 Å². The molecule has 0 unspecified atom stereocenters. The molecule has 0 aliphatic rings. The molecule has 0 fully saturated rings. The summed E-state index contributed by atoms with van der Waals surface area (Å²) in [6, 6.07) is 5.87. The largest absolute Gasteiger partial charge is 0.352 e. The minimum atomic E-state index is -3.86. The molecule has 6 heteroatoms. The lowest BCUT2D eigenvalue weighted by Crippen LogP contribution is -2.27. The van der Waals surface area contributed by atoms with Crippen LogP contribution in [0.25, 0.3) is 0 Å². The molecule has 0 heterocycles. The highest BCUT2D eigenvalue weighted by Gasteiger charge is 2.17. The quantitative estimate of drug-likeness (QED) is 0.804. The third kappa shape index (κ3) is 3.04. The lowest BCUT2D eigenvalue weighted by Gasteiger charge is -2.07. The second-order valence-electron chi connectivity index (χ2n) is 3.30. The van der Waals surface area contributed by atoms with Crippen molar-refractivity contribution in [3.63, 3.8) is 0 Å². The maximum atomic E-state index is 11.6. The van der Waals surface area contributed by atoms with Gasteiger partial charge in [-0.15, -0.1) is 0 Å². The molecule has 0 saturated carbocycles. The summed E-state index contributed by atoms with van der Waals surface area (Å²) < 4.78 is 22.5. The third-order valence-electron chi connectivity index (χ3n) is 1.97. The highest BCUT2D eigenvalue weighted by Crippen LogP contribution is 2.13. The van der Waals surface area contributed by atoms with Gasteiger partial charge < -0.3 is 5.32 Å². The van der Waals surface area contributed by atoms with E-state index < -0.39 is 15.9 Å². The van der Waals surface area contributed by atoms with E-state index in [4.69, 9.17) is 5.14 Å². The normalized spacial score (nSPS) is 11.1. The van der Waals surface area contributed by atoms with E-state index >= 15 is 0 Å². The van der Waals surface area contributed by atoms with Crippen LogP contribution >= 0.6 is 0 Å². The number of hydrogen-bond donors (Lipinski definition) is 2. The Labute approximate surface area is 94.7 Å². The molecule has 1 aromatic rings. The van der Waals surface area contributed by atoms with Gasteiger partial charge >= 0.3 is 0 Å². The molecule has 0 aliphatic carbocycles. The molecule has 0 saturated heterocycles. The molecule has 16 heavy (non-hydrogen) atoms. The Balaban J connectivity index is 3.09. The minimum absolute atomic E-state index is 0.0819. The van der Waals surface area contributed by atoms with Gasteiger partial charge in [0.25, 0.3) is 5.91 Å². The van der Waals surface area contributed by atoms with Gasteiger partial charge in [0.15, 0.2) is 0 Å². The molecule has 88 valence electrons. The van der Waals surface area contributed by atoms with E-state index in [0.717, 1.165) is 6.42 Å². The summed E-state index contributed by atoms with van der Waals surface area (Å²) in [5, 5.41) is 7.62. The van der Waals surface area contributed by atoms with E-state index in [1.807, 2.05) is 6.92 Å². The number of sulfonamides is 1. The number of primary sulfonamides is 1. The smallest absolute Gasteiger partial charge is 0.252 e. The van der Waals surface area contributed by atoms with Crippen LogP contribution in [0.1, 0.15) is 23.7 Å². The first-order valence-electron chi connectivity index (χ1n) is 4.87. The van der Waals surface area contributed by atoms with Crippen molar-refractivity contribution in [1.82, 2.24) is 5.32 Å². The zero-order chi connectivity index (χ0) is 12.2. The second kappa shape index (κ2) is 5.09. The Kier molecular flexibility index (Phi) is 4.03. The monoisotopic (exact) mass is 242 g/mol. The van der Waals surface area contributed by atoms with E-state index in [1.165, 1.54) is 18.2 Å². The molecule has 0 atom stereocenters. The molecule has 1 amide bonds. The first-order chi connectivity index (χ1) is 7.46. The number of amides is 1. The number of hydrogen-bond acceptors (Lipinski definition) is 3. The number of rotatable bonds is 4. The fraction of sp³-hybridized carbons (Fsp3) is 0.300. The van der Waals surface area contributed by atoms with Crippen LogP contribution in [0.15, 0.2) is 29.2 Å². The average Bonchev–Trinajstić information content (AvgIpc) is 2.24. The SMILES string of the molecule is CCCNC(=O)c1ccccc1S(N)(=O)=O. The summed E-state index contributed by atoms with van der Waals surface area (Å²) in [5.74, 6) is -0.425. The predicted octanol–water partition coefficient (Wildman–Crippen LogP) is 0.474. The van der Waals surface area contributed by atoms with Gasteiger partial charge in [0, 0.05) is 6.54 Å². The van der Waals surface area contributed by atoms with Crippen LogP contribution in [-0.2, 0) is 10.0 Å². The Morgan fingerprint density at radius 3 is 2.56 bits per heavy atom. The second-order valence-corrected chi connectivity index (χ2v) is 4.83. The Bertz CT molecular complexity index is 483. The van der Waals surface area contributed by atoms with Gasteiger partial charge in [-0.2, -0.15) is 0 Å². The van der Waals surface area contributed by atoms with Crippen molar-refractivity contribution >= 4 is 15.9 Å². The van der Waals surface area contributed by atoms with Crippen molar-refractivity contribution in [3.8, 4) is 0 Å². The van der Waals surface area contributed by atoms with Crippen molar-refractivity contribution in [2.45, 2.75) is 18.2 Å². The first kappa shape index (κ1) is 12.7. The third-order valence-corrected chi connectivity index (χ3v) is 2.94. The van der Waals surface area contributed by atoms with E-state index in [0.29, 0.717) is 6.54 Å². The molecule has 0 spiro atoms. The summed E-state index contributed by atoms with van der Waals surface area (Å²) in [4.78, 5) is 11.5. The average molecular weight is 242 g/mol. The van der Waals surface area contributed by atoms with Crippen molar-refractivity contribution in [2.75, 3.05) is 6.54 Å². The maximum absolute atomic E-state index is 11.6. The van der Waals surface area contributed by atoms with Crippen LogP contribution in [0.4, 0.5) is 0 Å². The van der Waals surface area contributed by atoms with Gasteiger partial charge in [0.2, 0.25) is 10.0 Å². The van der Waals surface area contributed by atoms with Gasteiger partial charge in [-0.3, -0.25) is 4.79 Å². The summed E-state index contributed by atoms with van der Waals surface area (Å²) in [7, 11) is -3.86. The van der Waals surface area contributed by atoms with Gasteiger partial charge in [-0.1, -0.05) is 19.1 Å². The number of nitrogens with two attached hydrogens (primary N) is 1. The lowest BCUT2D eigenvalue weighted by atomic mass is 10.2. The molecule has 1 rings (SSSR count). The van der Waals surface area contributed by atoms with Gasteiger partial charge in [0.1, 0.15) is 0 Å². The van der Waals surface area contributed by atoms with Gasteiger partial charge in [-0.25, -0.2) is 13.6 Å². The highest BCUT2D eigenvalue weighted by atomic mass is 32.2. The van der Waals surface area contributed by atoms with Crippen LogP contribution in [-0.4, -0.2) is 20.9 Å². The zero-order valence-electron chi connectivity index (χ0n) is 8.93. The summed E-state index contributed by atoms with van der Waals surface area (Å²) in [6.07, 6.45) is 0.781. The number of benzene rings is 1.